The molecule has 1 nitrogen and oxygen atoms in total. The molecule has 0 unspecified atom stereocenters. The summed E-state index contributed by atoms with van der Waals surface area (Å²) in [6, 6.07) is 15.8. The first-order valence-electron chi connectivity index (χ1n) is 9.59. The fourth-order valence-electron chi connectivity index (χ4n) is 4.10. The van der Waals surface area contributed by atoms with E-state index in [0.717, 1.165) is 18.4 Å². The maximum Gasteiger partial charge on any atom is 0.115 e. The fourth-order valence-corrected chi connectivity index (χ4v) is 4.10. The van der Waals surface area contributed by atoms with Crippen molar-refractivity contribution in [3.8, 4) is 0 Å². The van der Waals surface area contributed by atoms with Crippen molar-refractivity contribution in [1.29, 1.82) is 0 Å². The molecule has 1 fully saturated rings. The summed E-state index contributed by atoms with van der Waals surface area (Å²) >= 11 is 0. The molecule has 0 heterocycles. The summed E-state index contributed by atoms with van der Waals surface area (Å²) in [5.74, 6) is 0. The first-order chi connectivity index (χ1) is 12.7. The molecule has 0 saturated heterocycles. The van der Waals surface area contributed by atoms with Gasteiger partial charge in [-0.3, -0.25) is 0 Å². The molecule has 0 spiro atoms. The predicted molar refractivity (Wildman–Crippen MR) is 102 cm³/mol. The average Bonchev–Trinajstić information content (AvgIpc) is 2.72. The Morgan fingerprint density at radius 2 is 1.54 bits per heavy atom. The highest BCUT2D eigenvalue weighted by atomic mass is 19.1. The lowest BCUT2D eigenvalue weighted by Gasteiger charge is -2.38. The third kappa shape index (κ3) is 4.32. The van der Waals surface area contributed by atoms with Crippen molar-refractivity contribution >= 4 is 0 Å². The third-order valence-corrected chi connectivity index (χ3v) is 5.66. The number of rotatable bonds is 7. The topological polar surface area (TPSA) is 9.23 Å². The van der Waals surface area contributed by atoms with Gasteiger partial charge in [-0.05, 0) is 42.0 Å². The van der Waals surface area contributed by atoms with E-state index in [4.69, 9.17) is 4.74 Å². The number of halogens is 2. The number of ether oxygens (including phenoxy) is 1. The molecule has 1 aliphatic carbocycles. The molecule has 0 amide bonds. The monoisotopic (exact) mass is 358 g/mol. The molecule has 2 aromatic rings. The minimum absolute atomic E-state index is 0.0500. The van der Waals surface area contributed by atoms with E-state index in [1.54, 1.807) is 18.2 Å². The van der Waals surface area contributed by atoms with E-state index >= 15 is 0 Å². The van der Waals surface area contributed by atoms with Crippen molar-refractivity contribution in [2.45, 2.75) is 63.9 Å². The number of hydrogen-bond donors (Lipinski definition) is 0. The van der Waals surface area contributed by atoms with Gasteiger partial charge in [0.1, 0.15) is 13.3 Å². The van der Waals surface area contributed by atoms with Gasteiger partial charge in [-0.25, -0.2) is 8.78 Å². The van der Waals surface area contributed by atoms with E-state index in [1.165, 1.54) is 24.8 Å². The van der Waals surface area contributed by atoms with Gasteiger partial charge in [0.25, 0.3) is 0 Å². The summed E-state index contributed by atoms with van der Waals surface area (Å²) < 4.78 is 32.4. The Hall–Kier alpha value is -1.74. The maximum atomic E-state index is 13.1. The smallest absolute Gasteiger partial charge is 0.115 e. The summed E-state index contributed by atoms with van der Waals surface area (Å²) in [4.78, 5) is 0. The van der Waals surface area contributed by atoms with Crippen molar-refractivity contribution in [3.63, 3.8) is 0 Å². The van der Waals surface area contributed by atoms with Gasteiger partial charge in [-0.2, -0.15) is 0 Å². The lowest BCUT2D eigenvalue weighted by Crippen LogP contribution is -2.34. The van der Waals surface area contributed by atoms with Crippen LogP contribution in [0.4, 0.5) is 8.78 Å². The lowest BCUT2D eigenvalue weighted by atomic mass is 9.70. The lowest BCUT2D eigenvalue weighted by molar-refractivity contribution is 0.0144. The van der Waals surface area contributed by atoms with E-state index in [2.05, 4.69) is 24.3 Å². The molecule has 140 valence electrons. The second-order valence-corrected chi connectivity index (χ2v) is 7.51. The van der Waals surface area contributed by atoms with Crippen LogP contribution >= 0.6 is 0 Å². The molecule has 0 N–H and O–H groups in total. The van der Waals surface area contributed by atoms with Crippen molar-refractivity contribution in [2.75, 3.05) is 6.61 Å². The summed E-state index contributed by atoms with van der Waals surface area (Å²) in [7, 11) is 0. The van der Waals surface area contributed by atoms with E-state index in [0.29, 0.717) is 17.7 Å². The van der Waals surface area contributed by atoms with Crippen LogP contribution in [0.1, 0.15) is 67.4 Å². The Kier molecular flexibility index (Phi) is 6.42. The van der Waals surface area contributed by atoms with Crippen LogP contribution in [0.25, 0.3) is 0 Å². The Morgan fingerprint density at radius 1 is 0.923 bits per heavy atom. The zero-order chi connectivity index (χ0) is 18.4. The molecule has 0 bridgehead atoms. The summed E-state index contributed by atoms with van der Waals surface area (Å²) in [6.07, 6.45) is 5.79. The van der Waals surface area contributed by atoms with Crippen LogP contribution in [-0.2, 0) is 23.5 Å². The predicted octanol–water partition coefficient (Wildman–Crippen LogP) is 6.61. The molecule has 1 atom stereocenters. The van der Waals surface area contributed by atoms with E-state index in [-0.39, 0.29) is 11.5 Å². The van der Waals surface area contributed by atoms with Gasteiger partial charge in [-0.15, -0.1) is 0 Å². The Balaban J connectivity index is 1.77. The molecule has 0 aliphatic heterocycles. The van der Waals surface area contributed by atoms with Gasteiger partial charge in [0, 0.05) is 5.41 Å². The largest absolute Gasteiger partial charge is 0.373 e. The normalized spacial score (nSPS) is 17.8. The van der Waals surface area contributed by atoms with Crippen LogP contribution in [0, 0.1) is 0 Å². The minimum Gasteiger partial charge on any atom is -0.373 e. The maximum absolute atomic E-state index is 13.1. The standard InChI is InChI=1S/C23H28F2O/c1-18(21-13-19(15-24)12-20(14-21)16-25)26-17-23(10-6-3-7-11-23)22-8-4-2-5-9-22/h2,4-5,8-9,12-14,18H,3,6-7,10-11,15-17H2,1H3/t18-/m1/s1. The molecular formula is C23H28F2O. The Morgan fingerprint density at radius 3 is 2.12 bits per heavy atom. The number of alkyl halides is 2. The van der Waals surface area contributed by atoms with Crippen LogP contribution in [0.2, 0.25) is 0 Å². The van der Waals surface area contributed by atoms with Crippen molar-refractivity contribution in [3.05, 3.63) is 70.8 Å². The number of benzene rings is 2. The van der Waals surface area contributed by atoms with E-state index in [9.17, 15) is 8.78 Å². The first kappa shape index (κ1) is 19.0. The molecule has 2 aromatic carbocycles. The quantitative estimate of drug-likeness (QED) is 0.541. The minimum atomic E-state index is -0.582. The van der Waals surface area contributed by atoms with Crippen LogP contribution in [0.3, 0.4) is 0 Å². The summed E-state index contributed by atoms with van der Waals surface area (Å²) in [6.45, 7) is 1.45. The van der Waals surface area contributed by atoms with E-state index in [1.807, 2.05) is 13.0 Å². The van der Waals surface area contributed by atoms with Crippen LogP contribution in [0.15, 0.2) is 48.5 Å². The van der Waals surface area contributed by atoms with Crippen LogP contribution in [0.5, 0.6) is 0 Å². The van der Waals surface area contributed by atoms with Gasteiger partial charge in [0.05, 0.1) is 12.7 Å². The molecule has 26 heavy (non-hydrogen) atoms. The van der Waals surface area contributed by atoms with Crippen molar-refractivity contribution < 1.29 is 13.5 Å². The van der Waals surface area contributed by atoms with Crippen molar-refractivity contribution in [2.24, 2.45) is 0 Å². The third-order valence-electron chi connectivity index (χ3n) is 5.66. The highest BCUT2D eigenvalue weighted by Crippen LogP contribution is 2.40. The zero-order valence-electron chi connectivity index (χ0n) is 15.5. The van der Waals surface area contributed by atoms with Crippen LogP contribution in [-0.4, -0.2) is 6.61 Å². The highest BCUT2D eigenvalue weighted by Gasteiger charge is 2.34. The molecular weight excluding hydrogens is 330 g/mol. The van der Waals surface area contributed by atoms with Crippen LogP contribution < -0.4 is 0 Å². The highest BCUT2D eigenvalue weighted by molar-refractivity contribution is 5.31. The van der Waals surface area contributed by atoms with Gasteiger partial charge >= 0.3 is 0 Å². The SMILES string of the molecule is C[C@@H](OCC1(c2ccccc2)CCCCC1)c1cc(CF)cc(CF)c1. The Labute approximate surface area is 155 Å². The molecule has 3 rings (SSSR count). The second kappa shape index (κ2) is 8.77. The summed E-state index contributed by atoms with van der Waals surface area (Å²) in [5, 5.41) is 0. The number of hydrogen-bond acceptors (Lipinski definition) is 1. The van der Waals surface area contributed by atoms with E-state index < -0.39 is 13.3 Å². The van der Waals surface area contributed by atoms with Gasteiger partial charge in [0.15, 0.2) is 0 Å². The Bertz CT molecular complexity index is 670. The fraction of sp³-hybridized carbons (Fsp3) is 0.478. The first-order valence-corrected chi connectivity index (χ1v) is 9.59. The summed E-state index contributed by atoms with van der Waals surface area (Å²) in [5.41, 5.74) is 3.27. The van der Waals surface area contributed by atoms with Crippen molar-refractivity contribution in [1.82, 2.24) is 0 Å². The van der Waals surface area contributed by atoms with Gasteiger partial charge < -0.3 is 4.74 Å². The molecule has 1 aliphatic rings. The molecule has 3 heteroatoms. The van der Waals surface area contributed by atoms with Gasteiger partial charge in [0.2, 0.25) is 0 Å². The zero-order valence-corrected chi connectivity index (χ0v) is 15.5. The molecule has 1 saturated carbocycles. The van der Waals surface area contributed by atoms with Gasteiger partial charge in [-0.1, -0.05) is 67.8 Å². The molecule has 0 aromatic heterocycles. The molecule has 0 radical (unpaired) electrons. The average molecular weight is 358 g/mol. The second-order valence-electron chi connectivity index (χ2n) is 7.51.